The van der Waals surface area contributed by atoms with Crippen LogP contribution in [0.3, 0.4) is 0 Å². The highest BCUT2D eigenvalue weighted by molar-refractivity contribution is 7.80. The van der Waals surface area contributed by atoms with Gasteiger partial charge in [-0.25, -0.2) is 4.39 Å². The number of non-ortho nitro benzene ring substituents is 1. The molecule has 2 atom stereocenters. The summed E-state index contributed by atoms with van der Waals surface area (Å²) in [6, 6.07) is 20.3. The number of nitro groups is 1. The predicted molar refractivity (Wildman–Crippen MR) is 131 cm³/mol. The molecule has 1 aliphatic heterocycles. The number of nitrogens with one attached hydrogen (secondary N) is 1. The van der Waals surface area contributed by atoms with Crippen molar-refractivity contribution in [2.75, 3.05) is 4.90 Å². The Kier molecular flexibility index (Phi) is 5.54. The molecule has 34 heavy (non-hydrogen) atoms. The van der Waals surface area contributed by atoms with Crippen molar-refractivity contribution in [2.24, 2.45) is 0 Å². The van der Waals surface area contributed by atoms with Crippen LogP contribution in [0.25, 0.3) is 5.69 Å². The normalized spacial score (nSPS) is 17.6. The molecule has 3 heterocycles. The largest absolute Gasteiger partial charge is 0.351 e. The van der Waals surface area contributed by atoms with Gasteiger partial charge in [-0.3, -0.25) is 15.1 Å². The topological polar surface area (TPSA) is 76.2 Å². The van der Waals surface area contributed by atoms with Gasteiger partial charge in [0, 0.05) is 41.6 Å². The highest BCUT2D eigenvalue weighted by atomic mass is 32.1. The molecule has 0 saturated carbocycles. The van der Waals surface area contributed by atoms with E-state index in [1.165, 1.54) is 18.2 Å². The number of aryl methyl sites for hydroxylation is 1. The average molecular weight is 474 g/mol. The molecule has 0 bridgehead atoms. The molecular weight excluding hydrogens is 453 g/mol. The maximum absolute atomic E-state index is 14.0. The summed E-state index contributed by atoms with van der Waals surface area (Å²) < 4.78 is 16.0. The van der Waals surface area contributed by atoms with Gasteiger partial charge < -0.3 is 14.8 Å². The number of hydrogen-bond donors (Lipinski definition) is 1. The van der Waals surface area contributed by atoms with E-state index in [0.717, 1.165) is 22.8 Å². The number of benzene rings is 2. The molecule has 0 unspecified atom stereocenters. The van der Waals surface area contributed by atoms with Crippen LogP contribution in [0.4, 0.5) is 15.8 Å². The van der Waals surface area contributed by atoms with Crippen molar-refractivity contribution >= 4 is 28.7 Å². The van der Waals surface area contributed by atoms with Gasteiger partial charge in [-0.2, -0.15) is 0 Å². The maximum atomic E-state index is 14.0. The number of anilines is 1. The van der Waals surface area contributed by atoms with E-state index in [1.54, 1.807) is 37.4 Å². The first-order valence-corrected chi connectivity index (χ1v) is 11.0. The lowest BCUT2D eigenvalue weighted by Gasteiger charge is -2.29. The molecule has 0 radical (unpaired) electrons. The monoisotopic (exact) mass is 473 g/mol. The lowest BCUT2D eigenvalue weighted by Crippen LogP contribution is -2.30. The van der Waals surface area contributed by atoms with Crippen molar-refractivity contribution in [2.45, 2.75) is 19.0 Å². The van der Waals surface area contributed by atoms with E-state index in [2.05, 4.69) is 10.3 Å². The first-order valence-electron chi connectivity index (χ1n) is 10.6. The number of nitro benzene ring substituents is 1. The number of aromatic nitrogens is 2. The molecule has 2 aromatic heterocycles. The lowest BCUT2D eigenvalue weighted by molar-refractivity contribution is -0.384. The van der Waals surface area contributed by atoms with Crippen LogP contribution in [0, 0.1) is 22.9 Å². The van der Waals surface area contributed by atoms with Crippen molar-refractivity contribution in [3.05, 3.63) is 118 Å². The first kappa shape index (κ1) is 21.7. The maximum Gasteiger partial charge on any atom is 0.269 e. The van der Waals surface area contributed by atoms with E-state index in [4.69, 9.17) is 12.2 Å². The smallest absolute Gasteiger partial charge is 0.269 e. The van der Waals surface area contributed by atoms with Crippen LogP contribution in [0.15, 0.2) is 85.2 Å². The van der Waals surface area contributed by atoms with E-state index < -0.39 is 4.92 Å². The predicted octanol–water partition coefficient (Wildman–Crippen LogP) is 5.41. The van der Waals surface area contributed by atoms with Gasteiger partial charge in [0.25, 0.3) is 5.69 Å². The van der Waals surface area contributed by atoms with E-state index in [9.17, 15) is 14.5 Å². The van der Waals surface area contributed by atoms with Crippen LogP contribution in [0.5, 0.6) is 0 Å². The Labute approximate surface area is 200 Å². The molecule has 7 nitrogen and oxygen atoms in total. The standard InChI is InChI=1S/C25H20FN5O2S/c1-16-15-19(11-12-20(16)26)30-24(23(28-25(30)34)21-5-2-3-13-27-21)22-6-4-14-29(22)17-7-9-18(10-8-17)31(32)33/h2-15,23-24H,1H3,(H,28,34)/t23-,24-/m1/s1. The zero-order chi connectivity index (χ0) is 23.8. The molecule has 170 valence electrons. The highest BCUT2D eigenvalue weighted by Gasteiger charge is 2.42. The molecule has 1 aliphatic rings. The van der Waals surface area contributed by atoms with Crippen molar-refractivity contribution in [3.63, 3.8) is 0 Å². The number of pyridine rings is 1. The summed E-state index contributed by atoms with van der Waals surface area (Å²) in [5.41, 5.74) is 3.79. The van der Waals surface area contributed by atoms with E-state index in [0.29, 0.717) is 10.7 Å². The van der Waals surface area contributed by atoms with Gasteiger partial charge in [0.1, 0.15) is 11.9 Å². The fraction of sp³-hybridized carbons (Fsp3) is 0.120. The van der Waals surface area contributed by atoms with Crippen LogP contribution >= 0.6 is 12.2 Å². The molecule has 0 amide bonds. The van der Waals surface area contributed by atoms with Gasteiger partial charge >= 0.3 is 0 Å². The Morgan fingerprint density at radius 1 is 1.06 bits per heavy atom. The third kappa shape index (κ3) is 3.80. The fourth-order valence-corrected chi connectivity index (χ4v) is 4.66. The molecule has 1 N–H and O–H groups in total. The van der Waals surface area contributed by atoms with Crippen LogP contribution in [0.1, 0.15) is 29.0 Å². The van der Waals surface area contributed by atoms with Gasteiger partial charge in [-0.15, -0.1) is 0 Å². The summed E-state index contributed by atoms with van der Waals surface area (Å²) in [6.07, 6.45) is 3.64. The lowest BCUT2D eigenvalue weighted by atomic mass is 10.0. The number of hydrogen-bond acceptors (Lipinski definition) is 4. The average Bonchev–Trinajstić information content (AvgIpc) is 3.46. The summed E-state index contributed by atoms with van der Waals surface area (Å²) in [6.45, 7) is 1.72. The number of halogens is 1. The molecule has 5 rings (SSSR count). The molecule has 0 aliphatic carbocycles. The van der Waals surface area contributed by atoms with Crippen LogP contribution in [0.2, 0.25) is 0 Å². The summed E-state index contributed by atoms with van der Waals surface area (Å²) in [4.78, 5) is 17.2. The van der Waals surface area contributed by atoms with Crippen molar-refractivity contribution in [1.82, 2.24) is 14.9 Å². The molecule has 0 spiro atoms. The molecule has 9 heteroatoms. The molecular formula is C25H20FN5O2S. The molecule has 4 aromatic rings. The summed E-state index contributed by atoms with van der Waals surface area (Å²) in [5, 5.41) is 15.0. The number of nitrogens with zero attached hydrogens (tertiary/aromatic N) is 4. The third-order valence-corrected chi connectivity index (χ3v) is 6.25. The fourth-order valence-electron chi connectivity index (χ4n) is 4.32. The molecule has 1 saturated heterocycles. The third-order valence-electron chi connectivity index (χ3n) is 5.94. The van der Waals surface area contributed by atoms with Crippen molar-refractivity contribution < 1.29 is 9.31 Å². The van der Waals surface area contributed by atoms with Gasteiger partial charge in [0.05, 0.1) is 16.7 Å². The Bertz CT molecular complexity index is 1370. The van der Waals surface area contributed by atoms with Gasteiger partial charge in [-0.1, -0.05) is 6.07 Å². The van der Waals surface area contributed by atoms with Crippen LogP contribution in [-0.4, -0.2) is 19.6 Å². The molecule has 1 fully saturated rings. The summed E-state index contributed by atoms with van der Waals surface area (Å²) >= 11 is 5.74. The highest BCUT2D eigenvalue weighted by Crippen LogP contribution is 2.42. The van der Waals surface area contributed by atoms with Gasteiger partial charge in [0.15, 0.2) is 5.11 Å². The Morgan fingerprint density at radius 2 is 1.82 bits per heavy atom. The van der Waals surface area contributed by atoms with E-state index in [1.807, 2.05) is 46.0 Å². The Hall–Kier alpha value is -4.11. The quantitative estimate of drug-likeness (QED) is 0.237. The summed E-state index contributed by atoms with van der Waals surface area (Å²) in [5.74, 6) is -0.283. The van der Waals surface area contributed by atoms with Crippen molar-refractivity contribution in [1.29, 1.82) is 0 Å². The van der Waals surface area contributed by atoms with Gasteiger partial charge in [-0.05, 0) is 79.3 Å². The molecule has 2 aromatic carbocycles. The zero-order valence-corrected chi connectivity index (χ0v) is 18.9. The van der Waals surface area contributed by atoms with Crippen LogP contribution < -0.4 is 10.2 Å². The SMILES string of the molecule is Cc1cc(N2C(=S)N[C@H](c3ccccn3)[C@H]2c2cccn2-c2ccc([N+](=O)[O-])cc2)ccc1F. The Morgan fingerprint density at radius 3 is 2.50 bits per heavy atom. The number of rotatable bonds is 5. The zero-order valence-electron chi connectivity index (χ0n) is 18.1. The van der Waals surface area contributed by atoms with Gasteiger partial charge in [0.2, 0.25) is 0 Å². The second-order valence-electron chi connectivity index (χ2n) is 8.01. The van der Waals surface area contributed by atoms with Crippen LogP contribution in [-0.2, 0) is 0 Å². The second-order valence-corrected chi connectivity index (χ2v) is 8.39. The summed E-state index contributed by atoms with van der Waals surface area (Å²) in [7, 11) is 0. The van der Waals surface area contributed by atoms with E-state index >= 15 is 0 Å². The van der Waals surface area contributed by atoms with E-state index in [-0.39, 0.29) is 23.6 Å². The Balaban J connectivity index is 1.65. The number of thiocarbonyl (C=S) groups is 1. The minimum atomic E-state index is -0.421. The first-order chi connectivity index (χ1) is 16.4. The minimum absolute atomic E-state index is 0.0240. The minimum Gasteiger partial charge on any atom is -0.351 e. The second kappa shape index (κ2) is 8.68. The van der Waals surface area contributed by atoms with Crippen molar-refractivity contribution in [3.8, 4) is 5.69 Å².